The van der Waals surface area contributed by atoms with Crippen molar-refractivity contribution in [3.05, 3.63) is 126 Å². The SMILES string of the molecule is CN1CCN([C@@H](C(=O)N2CCC[C@H]2c2nc3ccc(-c4cnc(-c5cccc6[nH]c([C@@H]7CCCN7C(=O)[C@@H](c7ccccc7)N(C)C(=O)O)nc56)o4)cc3[nH]2)c2ccccc2)CC1. The van der Waals surface area contributed by atoms with Crippen molar-refractivity contribution in [2.75, 3.05) is 53.4 Å². The van der Waals surface area contributed by atoms with Crippen LogP contribution in [-0.4, -0.2) is 126 Å². The molecule has 0 aliphatic carbocycles. The van der Waals surface area contributed by atoms with Crippen molar-refractivity contribution in [3.63, 3.8) is 0 Å². The van der Waals surface area contributed by atoms with E-state index >= 15 is 0 Å². The lowest BCUT2D eigenvalue weighted by Gasteiger charge is -2.39. The van der Waals surface area contributed by atoms with E-state index in [1.807, 2.05) is 65.6 Å². The Labute approximate surface area is 364 Å². The molecule has 6 heterocycles. The van der Waals surface area contributed by atoms with Crippen LogP contribution in [0, 0.1) is 0 Å². The van der Waals surface area contributed by atoms with Gasteiger partial charge in [-0.15, -0.1) is 0 Å². The van der Waals surface area contributed by atoms with Crippen LogP contribution >= 0.6 is 0 Å². The number of para-hydroxylation sites is 1. The summed E-state index contributed by atoms with van der Waals surface area (Å²) >= 11 is 0. The highest BCUT2D eigenvalue weighted by Gasteiger charge is 2.41. The van der Waals surface area contributed by atoms with Gasteiger partial charge in [0.05, 0.1) is 40.4 Å². The van der Waals surface area contributed by atoms with E-state index in [4.69, 9.17) is 19.4 Å². The van der Waals surface area contributed by atoms with Gasteiger partial charge in [0.1, 0.15) is 29.2 Å². The second-order valence-electron chi connectivity index (χ2n) is 16.9. The fourth-order valence-electron chi connectivity index (χ4n) is 9.70. The first-order valence-electron chi connectivity index (χ1n) is 21.8. The Bertz CT molecular complexity index is 2780. The summed E-state index contributed by atoms with van der Waals surface area (Å²) in [6, 6.07) is 29.0. The number of aromatic amines is 2. The molecule has 15 nitrogen and oxygen atoms in total. The number of fused-ring (bicyclic) bond motifs is 2. The topological polar surface area (TPSA) is 171 Å². The van der Waals surface area contributed by atoms with Gasteiger partial charge >= 0.3 is 6.09 Å². The molecule has 3 N–H and O–H groups in total. The maximum absolute atomic E-state index is 14.6. The molecule has 7 aromatic rings. The number of carboxylic acid groups (broad SMARTS) is 1. The highest BCUT2D eigenvalue weighted by molar-refractivity contribution is 5.91. The number of H-pyrrole nitrogens is 2. The van der Waals surface area contributed by atoms with Crippen LogP contribution in [0.25, 0.3) is 44.8 Å². The zero-order valence-corrected chi connectivity index (χ0v) is 35.4. The highest BCUT2D eigenvalue weighted by Crippen LogP contribution is 2.39. The Kier molecular flexibility index (Phi) is 10.7. The lowest BCUT2D eigenvalue weighted by Crippen LogP contribution is -2.50. The zero-order valence-electron chi connectivity index (χ0n) is 35.4. The number of hydrogen-bond acceptors (Lipinski definition) is 9. The van der Waals surface area contributed by atoms with E-state index in [9.17, 15) is 19.5 Å². The summed E-state index contributed by atoms with van der Waals surface area (Å²) in [4.78, 5) is 72.1. The number of oxazole rings is 1. The van der Waals surface area contributed by atoms with Gasteiger partial charge in [-0.25, -0.2) is 19.7 Å². The minimum atomic E-state index is -1.18. The van der Waals surface area contributed by atoms with E-state index in [1.54, 1.807) is 35.4 Å². The second-order valence-corrected chi connectivity index (χ2v) is 16.9. The molecular weight excluding hydrogens is 797 g/mol. The van der Waals surface area contributed by atoms with Crippen LogP contribution in [0.3, 0.4) is 0 Å². The van der Waals surface area contributed by atoms with E-state index in [1.165, 1.54) is 7.05 Å². The van der Waals surface area contributed by atoms with Crippen molar-refractivity contribution in [2.24, 2.45) is 0 Å². The third kappa shape index (κ3) is 7.61. The molecule has 4 atom stereocenters. The van der Waals surface area contributed by atoms with Gasteiger partial charge in [0.25, 0.3) is 5.91 Å². The molecule has 3 amide bonds. The van der Waals surface area contributed by atoms with E-state index in [2.05, 4.69) is 38.9 Å². The molecule has 0 bridgehead atoms. The minimum Gasteiger partial charge on any atom is -0.465 e. The van der Waals surface area contributed by atoms with Gasteiger partial charge in [0.2, 0.25) is 11.8 Å². The van der Waals surface area contributed by atoms with Crippen LogP contribution in [-0.2, 0) is 9.59 Å². The van der Waals surface area contributed by atoms with Crippen molar-refractivity contribution in [3.8, 4) is 22.8 Å². The first-order chi connectivity index (χ1) is 30.7. The molecule has 0 saturated carbocycles. The summed E-state index contributed by atoms with van der Waals surface area (Å²) in [5.74, 6) is 2.21. The maximum Gasteiger partial charge on any atom is 0.407 e. The smallest absolute Gasteiger partial charge is 0.407 e. The third-order valence-corrected chi connectivity index (χ3v) is 13.0. The molecule has 0 radical (unpaired) electrons. The lowest BCUT2D eigenvalue weighted by molar-refractivity contribution is -0.139. The number of likely N-dealkylation sites (N-methyl/N-ethyl adjacent to an activating group) is 2. The molecule has 0 spiro atoms. The summed E-state index contributed by atoms with van der Waals surface area (Å²) in [6.07, 6.45) is 3.70. The van der Waals surface area contributed by atoms with Gasteiger partial charge in [0.15, 0.2) is 5.76 Å². The molecule has 0 unspecified atom stereocenters. The molecule has 15 heteroatoms. The van der Waals surface area contributed by atoms with Gasteiger partial charge in [-0.1, -0.05) is 66.7 Å². The third-order valence-electron chi connectivity index (χ3n) is 13.0. The van der Waals surface area contributed by atoms with Gasteiger partial charge in [0, 0.05) is 51.9 Å². The Balaban J connectivity index is 0.892. The first kappa shape index (κ1) is 40.2. The van der Waals surface area contributed by atoms with Crippen LogP contribution in [0.4, 0.5) is 4.79 Å². The number of aromatic nitrogens is 5. The number of imidazole rings is 2. The molecular formula is C48H50N10O5. The average Bonchev–Trinajstić information content (AvgIpc) is 4.17. The van der Waals surface area contributed by atoms with Crippen molar-refractivity contribution >= 4 is 40.0 Å². The summed E-state index contributed by atoms with van der Waals surface area (Å²) in [7, 11) is 3.56. The maximum atomic E-state index is 14.6. The van der Waals surface area contributed by atoms with E-state index in [0.29, 0.717) is 53.6 Å². The Hall–Kier alpha value is -6.84. The van der Waals surface area contributed by atoms with Crippen molar-refractivity contribution in [1.29, 1.82) is 0 Å². The summed E-state index contributed by atoms with van der Waals surface area (Å²) < 4.78 is 6.44. The molecule has 4 aromatic carbocycles. The molecule has 3 fully saturated rings. The standard InChI is InChI=1S/C48H50N10O5/c1-54-24-26-56(27-25-54)42(31-14-7-4-8-15-31)47(60)58-23-10-18-37(58)43-50-34-21-20-32(28-36(34)52-43)39-29-49-45(63-39)33-16-9-17-35-40(33)53-44(51-35)38-19-11-22-57(38)46(59)41(55(2)48(61)62)30-12-5-3-6-13-30/h3-9,12-17,20-21,28-29,37-38,41-42H,10-11,18-19,22-27H2,1-2H3,(H,50,52)(H,51,53)(H,61,62)/t37-,38-,41+,42+/m0/s1. The molecule has 322 valence electrons. The van der Waals surface area contributed by atoms with E-state index < -0.39 is 12.1 Å². The monoisotopic (exact) mass is 846 g/mol. The van der Waals surface area contributed by atoms with Crippen LogP contribution in [0.5, 0.6) is 0 Å². The van der Waals surface area contributed by atoms with Gasteiger partial charge < -0.3 is 34.2 Å². The summed E-state index contributed by atoms with van der Waals surface area (Å²) in [5, 5.41) is 9.90. The van der Waals surface area contributed by atoms with Crippen LogP contribution < -0.4 is 0 Å². The van der Waals surface area contributed by atoms with Crippen LogP contribution in [0.1, 0.15) is 72.6 Å². The van der Waals surface area contributed by atoms with Crippen molar-refractivity contribution in [1.82, 2.24) is 49.4 Å². The Morgan fingerprint density at radius 1 is 0.746 bits per heavy atom. The molecule has 3 aliphatic rings. The highest BCUT2D eigenvalue weighted by atomic mass is 16.4. The van der Waals surface area contributed by atoms with Crippen molar-refractivity contribution in [2.45, 2.75) is 49.9 Å². The van der Waals surface area contributed by atoms with E-state index in [-0.39, 0.29) is 29.9 Å². The zero-order chi connectivity index (χ0) is 43.2. The number of rotatable bonds is 10. The molecule has 3 aromatic heterocycles. The lowest BCUT2D eigenvalue weighted by atomic mass is 10.0. The largest absolute Gasteiger partial charge is 0.465 e. The van der Waals surface area contributed by atoms with Gasteiger partial charge in [-0.2, -0.15) is 0 Å². The number of carbonyl (C=O) groups excluding carboxylic acids is 2. The number of benzene rings is 4. The minimum absolute atomic E-state index is 0.122. The number of piperazine rings is 1. The van der Waals surface area contributed by atoms with Crippen LogP contribution in [0.2, 0.25) is 0 Å². The number of likely N-dealkylation sites (tertiary alicyclic amines) is 2. The van der Waals surface area contributed by atoms with Gasteiger partial charge in [-0.05, 0) is 74.2 Å². The fraction of sp³-hybridized carbons (Fsp3) is 0.333. The number of hydrogen-bond donors (Lipinski definition) is 3. The van der Waals surface area contributed by atoms with Gasteiger partial charge in [-0.3, -0.25) is 19.4 Å². The van der Waals surface area contributed by atoms with Crippen LogP contribution in [0.15, 0.2) is 108 Å². The number of amides is 3. The number of carbonyl (C=O) groups is 3. The fourth-order valence-corrected chi connectivity index (χ4v) is 9.70. The predicted octanol–water partition coefficient (Wildman–Crippen LogP) is 7.43. The average molecular weight is 847 g/mol. The Morgan fingerprint density at radius 3 is 2.10 bits per heavy atom. The first-order valence-corrected chi connectivity index (χ1v) is 21.8. The molecule has 10 rings (SSSR count). The molecule has 63 heavy (non-hydrogen) atoms. The number of nitrogens with zero attached hydrogens (tertiary/aromatic N) is 8. The van der Waals surface area contributed by atoms with Crippen molar-refractivity contribution < 1.29 is 23.9 Å². The van der Waals surface area contributed by atoms with E-state index in [0.717, 1.165) is 83.8 Å². The Morgan fingerprint density at radius 2 is 1.40 bits per heavy atom. The summed E-state index contributed by atoms with van der Waals surface area (Å²) in [5.41, 5.74) is 6.24. The predicted molar refractivity (Wildman–Crippen MR) is 237 cm³/mol. The second kappa shape index (κ2) is 16.8. The summed E-state index contributed by atoms with van der Waals surface area (Å²) in [6.45, 7) is 4.69. The number of nitrogens with one attached hydrogen (secondary N) is 2. The molecule has 3 aliphatic heterocycles. The quantitative estimate of drug-likeness (QED) is 0.126. The molecule has 3 saturated heterocycles. The normalized spacial score (nSPS) is 19.5.